The maximum absolute atomic E-state index is 10.4. The molecule has 0 fully saturated rings. The molecular weight excluding hydrogens is 743 g/mol. The van der Waals surface area contributed by atoms with Crippen LogP contribution in [0.1, 0.15) is 307 Å². The number of benzene rings is 1. The van der Waals surface area contributed by atoms with Gasteiger partial charge in [-0.1, -0.05) is 270 Å². The third-order valence-electron chi connectivity index (χ3n) is 13.2. The second-order valence-electron chi connectivity index (χ2n) is 18.7. The molecule has 0 aromatic heterocycles. The summed E-state index contributed by atoms with van der Waals surface area (Å²) in [7, 11) is -1.82. The van der Waals surface area contributed by atoms with Crippen LogP contribution in [0, 0.1) is 0 Å². The van der Waals surface area contributed by atoms with Crippen molar-refractivity contribution in [1.82, 2.24) is 0 Å². The van der Waals surface area contributed by atoms with Crippen molar-refractivity contribution < 1.29 is 14.7 Å². The van der Waals surface area contributed by atoms with E-state index in [4.69, 9.17) is 16.3 Å². The Morgan fingerprint density at radius 3 is 0.695 bits per heavy atom. The van der Waals surface area contributed by atoms with Gasteiger partial charge in [0, 0.05) is 5.02 Å². The Morgan fingerprint density at radius 1 is 0.305 bits per heavy atom. The average molecular weight is 846 g/mol. The fraction of sp³-hybridized carbons (Fsp3) is 0.889. The summed E-state index contributed by atoms with van der Waals surface area (Å²) in [5.41, 5.74) is 4.89. The Bertz CT molecular complexity index is 972. The monoisotopic (exact) mass is 845 g/mol. The average Bonchev–Trinajstić information content (AvgIpc) is 3.23. The Hall–Kier alpha value is -0.705. The molecule has 0 spiro atoms. The molecule has 0 heterocycles. The molecule has 346 valence electrons. The molecule has 1 rings (SSSR count). The van der Waals surface area contributed by atoms with E-state index in [1.54, 1.807) is 0 Å². The van der Waals surface area contributed by atoms with Crippen LogP contribution in [0.3, 0.4) is 0 Å². The number of hydrogen-bond donors (Lipinski definition) is 2. The van der Waals surface area contributed by atoms with E-state index in [1.807, 2.05) is 0 Å². The van der Waals surface area contributed by atoms with Crippen molar-refractivity contribution in [3.05, 3.63) is 27.3 Å². The van der Waals surface area contributed by atoms with Gasteiger partial charge in [-0.25, -0.2) is 0 Å². The summed E-state index contributed by atoms with van der Waals surface area (Å²) in [6.45, 7) is 9.17. The molecule has 0 saturated carbocycles. The number of rotatable bonds is 46. The Balaban J connectivity index is 3.18. The molecule has 0 radical (unpaired) electrons. The van der Waals surface area contributed by atoms with Crippen LogP contribution in [0.4, 0.5) is 0 Å². The van der Waals surface area contributed by atoms with E-state index in [2.05, 4.69) is 27.7 Å². The zero-order valence-corrected chi connectivity index (χ0v) is 41.1. The molecular formula is C54H102BClO3. The van der Waals surface area contributed by atoms with Gasteiger partial charge in [-0.05, 0) is 73.6 Å². The first-order chi connectivity index (χ1) is 29.0. The van der Waals surface area contributed by atoms with Gasteiger partial charge in [0.1, 0.15) is 5.75 Å². The zero-order chi connectivity index (χ0) is 42.9. The Labute approximate surface area is 375 Å². The SMILES string of the molecule is CCCCCCCCCCCCc1c(Cl)c(CCCCCCCCCCCC)c(CCCCCCCCCCCC)c(OB(O)O)c1CCCCCCCCCCCC. The topological polar surface area (TPSA) is 49.7 Å². The van der Waals surface area contributed by atoms with Crippen LogP contribution in [-0.4, -0.2) is 17.4 Å². The first-order valence-corrected chi connectivity index (χ1v) is 27.3. The van der Waals surface area contributed by atoms with E-state index in [0.717, 1.165) is 62.1 Å². The lowest BCUT2D eigenvalue weighted by Crippen LogP contribution is -2.23. The third-order valence-corrected chi connectivity index (χ3v) is 13.6. The van der Waals surface area contributed by atoms with Crippen LogP contribution in [-0.2, 0) is 25.7 Å². The highest BCUT2D eigenvalue weighted by Crippen LogP contribution is 2.41. The Kier molecular flexibility index (Phi) is 40.6. The van der Waals surface area contributed by atoms with Gasteiger partial charge < -0.3 is 14.7 Å². The quantitative estimate of drug-likeness (QED) is 0.0508. The van der Waals surface area contributed by atoms with Gasteiger partial charge in [-0.2, -0.15) is 0 Å². The molecule has 59 heavy (non-hydrogen) atoms. The van der Waals surface area contributed by atoms with E-state index < -0.39 is 7.32 Å². The highest BCUT2D eigenvalue weighted by molar-refractivity contribution is 6.34. The van der Waals surface area contributed by atoms with Gasteiger partial charge in [-0.15, -0.1) is 0 Å². The van der Waals surface area contributed by atoms with Crippen molar-refractivity contribution in [2.24, 2.45) is 0 Å². The largest absolute Gasteiger partial charge is 0.707 e. The maximum atomic E-state index is 10.4. The lowest BCUT2D eigenvalue weighted by molar-refractivity contribution is 0.285. The predicted octanol–water partition coefficient (Wildman–Crippen LogP) is 18.5. The molecule has 1 aromatic carbocycles. The second kappa shape index (κ2) is 42.6. The van der Waals surface area contributed by atoms with Crippen LogP contribution >= 0.6 is 11.6 Å². The van der Waals surface area contributed by atoms with Gasteiger partial charge in [-0.3, -0.25) is 0 Å². The normalized spacial score (nSPS) is 11.6. The Morgan fingerprint density at radius 2 is 0.492 bits per heavy atom. The van der Waals surface area contributed by atoms with Crippen LogP contribution in [0.2, 0.25) is 5.02 Å². The van der Waals surface area contributed by atoms with Crippen LogP contribution in [0.15, 0.2) is 0 Å². The summed E-state index contributed by atoms with van der Waals surface area (Å²) >= 11 is 7.66. The molecule has 0 aliphatic rings. The van der Waals surface area contributed by atoms with Crippen molar-refractivity contribution >= 4 is 18.9 Å². The van der Waals surface area contributed by atoms with Gasteiger partial charge in [0.15, 0.2) is 0 Å². The zero-order valence-electron chi connectivity index (χ0n) is 40.4. The highest BCUT2D eigenvalue weighted by atomic mass is 35.5. The molecule has 1 aromatic rings. The third kappa shape index (κ3) is 30.9. The fourth-order valence-electron chi connectivity index (χ4n) is 9.36. The van der Waals surface area contributed by atoms with Crippen LogP contribution in [0.25, 0.3) is 0 Å². The molecule has 3 nitrogen and oxygen atoms in total. The minimum Gasteiger partial charge on any atom is -0.512 e. The van der Waals surface area contributed by atoms with E-state index >= 15 is 0 Å². The van der Waals surface area contributed by atoms with Crippen molar-refractivity contribution in [1.29, 1.82) is 0 Å². The lowest BCUT2D eigenvalue weighted by atomic mass is 9.86. The van der Waals surface area contributed by atoms with E-state index in [1.165, 1.54) is 253 Å². The van der Waals surface area contributed by atoms with Crippen LogP contribution < -0.4 is 4.65 Å². The number of unbranched alkanes of at least 4 members (excludes halogenated alkanes) is 36. The summed E-state index contributed by atoms with van der Waals surface area (Å²) in [5.74, 6) is 0.778. The molecule has 0 bridgehead atoms. The summed E-state index contributed by atoms with van der Waals surface area (Å²) in [5, 5.41) is 21.8. The minimum atomic E-state index is -1.82. The summed E-state index contributed by atoms with van der Waals surface area (Å²) in [4.78, 5) is 0. The van der Waals surface area contributed by atoms with Crippen molar-refractivity contribution in [2.75, 3.05) is 0 Å². The smallest absolute Gasteiger partial charge is 0.512 e. The van der Waals surface area contributed by atoms with E-state index in [9.17, 15) is 10.0 Å². The standard InChI is InChI=1S/C54H102BClO3/c1-5-9-13-17-21-25-29-33-37-41-45-49-51(47-43-39-35-31-27-23-19-15-11-7-3)54(59-55(57)58)52(48-44-40-36-32-28-24-20-16-12-8-4)50(53(49)56)46-42-38-34-30-26-22-18-14-10-6-2/h57-58H,5-48H2,1-4H3. The summed E-state index contributed by atoms with van der Waals surface area (Å²) < 4.78 is 6.15. The van der Waals surface area contributed by atoms with Gasteiger partial charge in [0.25, 0.3) is 0 Å². The highest BCUT2D eigenvalue weighted by Gasteiger charge is 2.26. The molecule has 0 aliphatic carbocycles. The van der Waals surface area contributed by atoms with Gasteiger partial charge >= 0.3 is 7.32 Å². The summed E-state index contributed by atoms with van der Waals surface area (Å²) in [6.07, 6.45) is 56.3. The van der Waals surface area contributed by atoms with Gasteiger partial charge in [0.05, 0.1) is 0 Å². The minimum absolute atomic E-state index is 0.778. The second-order valence-corrected chi connectivity index (χ2v) is 19.1. The molecule has 5 heteroatoms. The first kappa shape index (κ1) is 56.3. The fourth-order valence-corrected chi connectivity index (χ4v) is 9.78. The van der Waals surface area contributed by atoms with E-state index in [0.29, 0.717) is 0 Å². The maximum Gasteiger partial charge on any atom is 0.707 e. The molecule has 0 atom stereocenters. The predicted molar refractivity (Wildman–Crippen MR) is 264 cm³/mol. The van der Waals surface area contributed by atoms with Crippen LogP contribution in [0.5, 0.6) is 5.75 Å². The van der Waals surface area contributed by atoms with Gasteiger partial charge in [0.2, 0.25) is 0 Å². The molecule has 0 amide bonds. The van der Waals surface area contributed by atoms with Crippen molar-refractivity contribution in [3.63, 3.8) is 0 Å². The molecule has 2 N–H and O–H groups in total. The molecule has 0 saturated heterocycles. The van der Waals surface area contributed by atoms with Crippen molar-refractivity contribution in [2.45, 2.75) is 310 Å². The number of halogens is 1. The summed E-state index contributed by atoms with van der Waals surface area (Å²) in [6, 6.07) is 0. The first-order valence-electron chi connectivity index (χ1n) is 26.9. The molecule has 0 aliphatic heterocycles. The lowest BCUT2D eigenvalue weighted by Gasteiger charge is -2.25. The number of hydrogen-bond acceptors (Lipinski definition) is 3. The van der Waals surface area contributed by atoms with Crippen molar-refractivity contribution in [3.8, 4) is 5.75 Å². The molecule has 0 unspecified atom stereocenters. The van der Waals surface area contributed by atoms with E-state index in [-0.39, 0.29) is 0 Å².